The van der Waals surface area contributed by atoms with Gasteiger partial charge in [-0.1, -0.05) is 30.3 Å². The van der Waals surface area contributed by atoms with Crippen LogP contribution in [0.5, 0.6) is 5.75 Å². The first-order valence-corrected chi connectivity index (χ1v) is 9.33. The van der Waals surface area contributed by atoms with Crippen LogP contribution in [0.1, 0.15) is 23.1 Å². The Morgan fingerprint density at radius 1 is 1.04 bits per heavy atom. The number of hydrogen-bond donors (Lipinski definition) is 1. The smallest absolute Gasteiger partial charge is 0.416 e. The summed E-state index contributed by atoms with van der Waals surface area (Å²) in [5.74, 6) is 0.794. The lowest BCUT2D eigenvalue weighted by Crippen LogP contribution is -2.17. The Balaban J connectivity index is 1.67. The normalized spacial score (nSPS) is 11.6. The highest BCUT2D eigenvalue weighted by Crippen LogP contribution is 2.34. The average Bonchev–Trinajstić information content (AvgIpc) is 3.11. The SMILES string of the molecule is CCOc1ccccc1-c1cnc(CNCc2ccccc2C(F)(F)F)s1. The molecule has 0 spiro atoms. The van der Waals surface area contributed by atoms with E-state index in [1.54, 1.807) is 12.3 Å². The van der Waals surface area contributed by atoms with Crippen molar-refractivity contribution in [3.8, 4) is 16.2 Å². The number of para-hydroxylation sites is 1. The number of rotatable bonds is 7. The summed E-state index contributed by atoms with van der Waals surface area (Å²) in [7, 11) is 0. The zero-order valence-corrected chi connectivity index (χ0v) is 15.5. The van der Waals surface area contributed by atoms with Crippen LogP contribution < -0.4 is 10.1 Å². The minimum atomic E-state index is -4.35. The van der Waals surface area contributed by atoms with Gasteiger partial charge in [-0.05, 0) is 30.7 Å². The lowest BCUT2D eigenvalue weighted by Gasteiger charge is -2.12. The minimum absolute atomic E-state index is 0.125. The Morgan fingerprint density at radius 3 is 2.56 bits per heavy atom. The maximum absolute atomic E-state index is 13.0. The van der Waals surface area contributed by atoms with Crippen LogP contribution >= 0.6 is 11.3 Å². The van der Waals surface area contributed by atoms with E-state index in [1.807, 2.05) is 31.2 Å². The number of nitrogens with one attached hydrogen (secondary N) is 1. The summed E-state index contributed by atoms with van der Waals surface area (Å²) in [6.07, 6.45) is -2.58. The maximum Gasteiger partial charge on any atom is 0.416 e. The van der Waals surface area contributed by atoms with Gasteiger partial charge < -0.3 is 10.1 Å². The van der Waals surface area contributed by atoms with E-state index >= 15 is 0 Å². The Hall–Kier alpha value is -2.38. The second-order valence-electron chi connectivity index (χ2n) is 5.81. The van der Waals surface area contributed by atoms with E-state index in [4.69, 9.17) is 4.74 Å². The van der Waals surface area contributed by atoms with Crippen molar-refractivity contribution in [2.24, 2.45) is 0 Å². The Bertz CT molecular complexity index is 893. The maximum atomic E-state index is 13.0. The van der Waals surface area contributed by atoms with Crippen LogP contribution in [-0.4, -0.2) is 11.6 Å². The molecule has 3 aromatic rings. The summed E-state index contributed by atoms with van der Waals surface area (Å²) < 4.78 is 44.8. The summed E-state index contributed by atoms with van der Waals surface area (Å²) in [5, 5.41) is 3.86. The van der Waals surface area contributed by atoms with Crippen LogP contribution in [0.3, 0.4) is 0 Å². The topological polar surface area (TPSA) is 34.1 Å². The second kappa shape index (κ2) is 8.54. The molecule has 0 aliphatic rings. The fourth-order valence-corrected chi connectivity index (χ4v) is 3.64. The molecule has 142 valence electrons. The molecule has 27 heavy (non-hydrogen) atoms. The molecule has 0 unspecified atom stereocenters. The van der Waals surface area contributed by atoms with Crippen LogP contribution in [-0.2, 0) is 19.3 Å². The number of ether oxygens (including phenoxy) is 1. The highest BCUT2D eigenvalue weighted by molar-refractivity contribution is 7.15. The average molecular weight is 392 g/mol. The third-order valence-electron chi connectivity index (χ3n) is 3.92. The molecular formula is C20H19F3N2OS. The third-order valence-corrected chi connectivity index (χ3v) is 4.95. The Labute approximate surface area is 159 Å². The molecule has 2 aromatic carbocycles. The van der Waals surface area contributed by atoms with Crippen molar-refractivity contribution in [3.63, 3.8) is 0 Å². The first kappa shape index (κ1) is 19.4. The number of alkyl halides is 3. The molecule has 1 N–H and O–H groups in total. The van der Waals surface area contributed by atoms with Crippen molar-refractivity contribution >= 4 is 11.3 Å². The van der Waals surface area contributed by atoms with Gasteiger partial charge in [0.05, 0.1) is 17.0 Å². The zero-order valence-electron chi connectivity index (χ0n) is 14.7. The third kappa shape index (κ3) is 4.87. The number of halogens is 3. The summed E-state index contributed by atoms with van der Waals surface area (Å²) in [5.41, 5.74) is 0.581. The largest absolute Gasteiger partial charge is 0.493 e. The van der Waals surface area contributed by atoms with E-state index in [0.29, 0.717) is 13.2 Å². The zero-order chi connectivity index (χ0) is 19.3. The van der Waals surface area contributed by atoms with Gasteiger partial charge in [-0.25, -0.2) is 4.98 Å². The number of aromatic nitrogens is 1. The van der Waals surface area contributed by atoms with Crippen molar-refractivity contribution in [3.05, 3.63) is 70.9 Å². The molecule has 7 heteroatoms. The Kier molecular flexibility index (Phi) is 6.13. The van der Waals surface area contributed by atoms with Gasteiger partial charge in [0.1, 0.15) is 10.8 Å². The molecule has 3 rings (SSSR count). The molecule has 0 bridgehead atoms. The van der Waals surface area contributed by atoms with Gasteiger partial charge in [-0.3, -0.25) is 0 Å². The van der Waals surface area contributed by atoms with Crippen LogP contribution in [0.2, 0.25) is 0 Å². The fraction of sp³-hybridized carbons (Fsp3) is 0.250. The molecule has 0 atom stereocenters. The quantitative estimate of drug-likeness (QED) is 0.575. The van der Waals surface area contributed by atoms with Crippen molar-refractivity contribution in [1.82, 2.24) is 10.3 Å². The van der Waals surface area contributed by atoms with E-state index in [0.717, 1.165) is 27.3 Å². The molecule has 1 aromatic heterocycles. The van der Waals surface area contributed by atoms with Crippen molar-refractivity contribution in [2.75, 3.05) is 6.61 Å². The highest BCUT2D eigenvalue weighted by atomic mass is 32.1. The van der Waals surface area contributed by atoms with Crippen LogP contribution in [0, 0.1) is 0 Å². The monoisotopic (exact) mass is 392 g/mol. The molecule has 0 amide bonds. The summed E-state index contributed by atoms with van der Waals surface area (Å²) >= 11 is 1.50. The van der Waals surface area contributed by atoms with Crippen LogP contribution in [0.15, 0.2) is 54.7 Å². The predicted octanol–water partition coefficient (Wildman–Crippen LogP) is 5.52. The number of nitrogens with zero attached hydrogens (tertiary/aromatic N) is 1. The summed E-state index contributed by atoms with van der Waals surface area (Å²) in [6, 6.07) is 13.3. The fourth-order valence-electron chi connectivity index (χ4n) is 2.72. The lowest BCUT2D eigenvalue weighted by molar-refractivity contribution is -0.138. The molecule has 1 heterocycles. The van der Waals surface area contributed by atoms with E-state index in [2.05, 4.69) is 10.3 Å². The lowest BCUT2D eigenvalue weighted by atomic mass is 10.1. The molecular weight excluding hydrogens is 373 g/mol. The van der Waals surface area contributed by atoms with Gasteiger partial charge >= 0.3 is 6.18 Å². The number of thiazole rings is 1. The van der Waals surface area contributed by atoms with Crippen molar-refractivity contribution < 1.29 is 17.9 Å². The molecule has 0 aliphatic heterocycles. The van der Waals surface area contributed by atoms with Gasteiger partial charge in [-0.15, -0.1) is 11.3 Å². The minimum Gasteiger partial charge on any atom is -0.493 e. The molecule has 3 nitrogen and oxygen atoms in total. The van der Waals surface area contributed by atoms with Gasteiger partial charge in [0.15, 0.2) is 0 Å². The Morgan fingerprint density at radius 2 is 1.78 bits per heavy atom. The molecule has 0 fully saturated rings. The van der Waals surface area contributed by atoms with E-state index in [1.165, 1.54) is 23.5 Å². The number of hydrogen-bond acceptors (Lipinski definition) is 4. The van der Waals surface area contributed by atoms with Crippen molar-refractivity contribution in [1.29, 1.82) is 0 Å². The summed E-state index contributed by atoms with van der Waals surface area (Å²) in [4.78, 5) is 5.34. The van der Waals surface area contributed by atoms with Crippen LogP contribution in [0.25, 0.3) is 10.4 Å². The van der Waals surface area contributed by atoms with Crippen molar-refractivity contribution in [2.45, 2.75) is 26.2 Å². The van der Waals surface area contributed by atoms with E-state index < -0.39 is 11.7 Å². The molecule has 0 aliphatic carbocycles. The first-order chi connectivity index (χ1) is 13.0. The molecule has 0 saturated heterocycles. The van der Waals surface area contributed by atoms with Gasteiger partial charge in [-0.2, -0.15) is 13.2 Å². The molecule has 0 saturated carbocycles. The molecule has 0 radical (unpaired) electrons. The highest BCUT2D eigenvalue weighted by Gasteiger charge is 2.32. The predicted molar refractivity (Wildman–Crippen MR) is 101 cm³/mol. The van der Waals surface area contributed by atoms with E-state index in [9.17, 15) is 13.2 Å². The first-order valence-electron chi connectivity index (χ1n) is 8.51. The van der Waals surface area contributed by atoms with Crippen LogP contribution in [0.4, 0.5) is 13.2 Å². The second-order valence-corrected chi connectivity index (χ2v) is 6.92. The standard InChI is InChI=1S/C20H19F3N2OS/c1-2-26-17-10-6-4-8-15(17)18-12-25-19(27-18)13-24-11-14-7-3-5-9-16(14)20(21,22)23/h3-10,12,24H,2,11,13H2,1H3. The summed E-state index contributed by atoms with van der Waals surface area (Å²) in [6.45, 7) is 3.02. The van der Waals surface area contributed by atoms with E-state index in [-0.39, 0.29) is 12.1 Å². The van der Waals surface area contributed by atoms with Gasteiger partial charge in [0, 0.05) is 24.8 Å². The number of benzene rings is 2. The van der Waals surface area contributed by atoms with Gasteiger partial charge in [0.2, 0.25) is 0 Å². The van der Waals surface area contributed by atoms with Gasteiger partial charge in [0.25, 0.3) is 0 Å².